The largest absolute Gasteiger partial charge is 0.455 e. The zero-order valence-corrected chi connectivity index (χ0v) is 14.5. The van der Waals surface area contributed by atoms with E-state index in [2.05, 4.69) is 0 Å². The van der Waals surface area contributed by atoms with Gasteiger partial charge in [-0.25, -0.2) is 9.59 Å². The highest BCUT2D eigenvalue weighted by molar-refractivity contribution is 5.90. The second-order valence-electron chi connectivity index (χ2n) is 7.15. The normalized spacial score (nSPS) is 26.9. The van der Waals surface area contributed by atoms with Crippen LogP contribution in [0.4, 0.5) is 0 Å². The van der Waals surface area contributed by atoms with Crippen LogP contribution >= 0.6 is 0 Å². The molecule has 5 rings (SSSR count). The lowest BCUT2D eigenvalue weighted by atomic mass is 9.67. The van der Waals surface area contributed by atoms with Gasteiger partial charge in [0.1, 0.15) is 12.2 Å². The molecule has 2 bridgehead atoms. The van der Waals surface area contributed by atoms with Gasteiger partial charge in [0.25, 0.3) is 0 Å². The van der Waals surface area contributed by atoms with Crippen LogP contribution in [-0.4, -0.2) is 24.1 Å². The van der Waals surface area contributed by atoms with Crippen molar-refractivity contribution in [2.45, 2.75) is 37.9 Å². The summed E-state index contributed by atoms with van der Waals surface area (Å²) in [6.45, 7) is 0. The van der Waals surface area contributed by atoms with E-state index in [0.717, 1.165) is 25.7 Å². The zero-order chi connectivity index (χ0) is 17.9. The number of hydrogen-bond donors (Lipinski definition) is 0. The molecule has 2 atom stereocenters. The molecule has 3 fully saturated rings. The van der Waals surface area contributed by atoms with E-state index in [9.17, 15) is 9.59 Å². The number of fused-ring (bicyclic) bond motifs is 3. The van der Waals surface area contributed by atoms with E-state index in [1.807, 2.05) is 36.4 Å². The van der Waals surface area contributed by atoms with E-state index in [-0.39, 0.29) is 36.0 Å². The Bertz CT molecular complexity index is 696. The number of benzene rings is 2. The number of carbonyl (C=O) groups excluding carboxylic acids is 2. The molecule has 3 aliphatic carbocycles. The summed E-state index contributed by atoms with van der Waals surface area (Å²) < 4.78 is 11.7. The summed E-state index contributed by atoms with van der Waals surface area (Å²) in [6, 6.07) is 18.0. The molecule has 26 heavy (non-hydrogen) atoms. The van der Waals surface area contributed by atoms with Gasteiger partial charge >= 0.3 is 11.9 Å². The van der Waals surface area contributed by atoms with Crippen LogP contribution in [0.3, 0.4) is 0 Å². The molecule has 4 nitrogen and oxygen atoms in total. The van der Waals surface area contributed by atoms with Gasteiger partial charge in [-0.1, -0.05) is 36.4 Å². The van der Waals surface area contributed by atoms with Crippen LogP contribution in [0.2, 0.25) is 0 Å². The molecule has 0 saturated heterocycles. The van der Waals surface area contributed by atoms with Crippen molar-refractivity contribution in [3.63, 3.8) is 0 Å². The van der Waals surface area contributed by atoms with E-state index in [0.29, 0.717) is 11.1 Å². The Kier molecular flexibility index (Phi) is 4.74. The van der Waals surface area contributed by atoms with Crippen molar-refractivity contribution in [1.82, 2.24) is 0 Å². The summed E-state index contributed by atoms with van der Waals surface area (Å²) >= 11 is 0. The fourth-order valence-electron chi connectivity index (χ4n) is 4.20. The first-order valence-electron chi connectivity index (χ1n) is 9.24. The smallest absolute Gasteiger partial charge is 0.338 e. The van der Waals surface area contributed by atoms with Crippen molar-refractivity contribution in [1.29, 1.82) is 0 Å². The Morgan fingerprint density at radius 1 is 0.615 bits per heavy atom. The van der Waals surface area contributed by atoms with Crippen molar-refractivity contribution < 1.29 is 19.1 Å². The maximum Gasteiger partial charge on any atom is 0.338 e. The molecule has 3 saturated carbocycles. The molecule has 4 heteroatoms. The van der Waals surface area contributed by atoms with Gasteiger partial charge in [0.2, 0.25) is 0 Å². The van der Waals surface area contributed by atoms with Gasteiger partial charge in [-0.2, -0.15) is 0 Å². The molecule has 0 unspecified atom stereocenters. The third kappa shape index (κ3) is 3.36. The van der Waals surface area contributed by atoms with Crippen LogP contribution in [0.25, 0.3) is 0 Å². The summed E-state index contributed by atoms with van der Waals surface area (Å²) in [5.41, 5.74) is 1.06. The quantitative estimate of drug-likeness (QED) is 0.773. The fraction of sp³-hybridized carbons (Fsp3) is 0.364. The molecule has 0 N–H and O–H groups in total. The SMILES string of the molecule is O=C(O[C@@H]1C2CCC(CC2)[C@@H]1OC(=O)c1ccccc1)c1ccccc1. The number of carbonyl (C=O) groups is 2. The predicted octanol–water partition coefficient (Wildman–Crippen LogP) is 4.26. The van der Waals surface area contributed by atoms with Crippen molar-refractivity contribution in [3.8, 4) is 0 Å². The number of rotatable bonds is 4. The highest BCUT2D eigenvalue weighted by atomic mass is 16.6. The maximum atomic E-state index is 12.5. The molecule has 0 radical (unpaired) electrons. The first-order chi connectivity index (χ1) is 12.7. The van der Waals surface area contributed by atoms with Crippen LogP contribution in [0.5, 0.6) is 0 Å². The topological polar surface area (TPSA) is 52.6 Å². The maximum absolute atomic E-state index is 12.5. The van der Waals surface area contributed by atoms with Crippen molar-refractivity contribution in [2.24, 2.45) is 11.8 Å². The third-order valence-corrected chi connectivity index (χ3v) is 5.57. The lowest BCUT2D eigenvalue weighted by Crippen LogP contribution is -2.52. The van der Waals surface area contributed by atoms with Gasteiger partial charge in [0, 0.05) is 0 Å². The Morgan fingerprint density at radius 2 is 0.962 bits per heavy atom. The lowest BCUT2D eigenvalue weighted by Gasteiger charge is -2.46. The van der Waals surface area contributed by atoms with Crippen LogP contribution in [0.1, 0.15) is 46.4 Å². The molecule has 0 aromatic heterocycles. The van der Waals surface area contributed by atoms with E-state index in [4.69, 9.17) is 9.47 Å². The fourth-order valence-corrected chi connectivity index (χ4v) is 4.20. The highest BCUT2D eigenvalue weighted by Crippen LogP contribution is 2.44. The molecule has 0 spiro atoms. The van der Waals surface area contributed by atoms with Crippen LogP contribution < -0.4 is 0 Å². The highest BCUT2D eigenvalue weighted by Gasteiger charge is 2.48. The van der Waals surface area contributed by atoms with Crippen LogP contribution in [0, 0.1) is 11.8 Å². The zero-order valence-electron chi connectivity index (χ0n) is 14.5. The lowest BCUT2D eigenvalue weighted by molar-refractivity contribution is -0.121. The van der Waals surface area contributed by atoms with Crippen molar-refractivity contribution >= 4 is 11.9 Å². The monoisotopic (exact) mass is 350 g/mol. The van der Waals surface area contributed by atoms with Gasteiger partial charge in [-0.3, -0.25) is 0 Å². The minimum Gasteiger partial charge on any atom is -0.455 e. The molecule has 0 amide bonds. The minimum atomic E-state index is -0.358. The molecular weight excluding hydrogens is 328 g/mol. The van der Waals surface area contributed by atoms with Gasteiger partial charge < -0.3 is 9.47 Å². The molecule has 0 aliphatic heterocycles. The summed E-state index contributed by atoms with van der Waals surface area (Å²) in [5.74, 6) is -0.157. The Balaban J connectivity index is 1.51. The van der Waals surface area contributed by atoms with E-state index < -0.39 is 0 Å². The van der Waals surface area contributed by atoms with E-state index >= 15 is 0 Å². The first-order valence-corrected chi connectivity index (χ1v) is 9.24. The predicted molar refractivity (Wildman–Crippen MR) is 96.7 cm³/mol. The molecular formula is C22H22O4. The standard InChI is InChI=1S/C22H22O4/c23-21(17-7-3-1-4-8-17)25-19-15-11-13-16(14-12-15)20(19)26-22(24)18-9-5-2-6-10-18/h1-10,15-16,19-20H,11-14H2/t15?,16?,19-,20+. The molecule has 134 valence electrons. The second kappa shape index (κ2) is 7.32. The van der Waals surface area contributed by atoms with E-state index in [1.165, 1.54) is 0 Å². The van der Waals surface area contributed by atoms with Gasteiger partial charge in [-0.15, -0.1) is 0 Å². The molecule has 0 heterocycles. The van der Waals surface area contributed by atoms with Gasteiger partial charge in [-0.05, 0) is 61.8 Å². The molecule has 2 aromatic rings. The number of ether oxygens (including phenoxy) is 2. The average molecular weight is 350 g/mol. The number of hydrogen-bond acceptors (Lipinski definition) is 4. The van der Waals surface area contributed by atoms with Crippen molar-refractivity contribution in [2.75, 3.05) is 0 Å². The van der Waals surface area contributed by atoms with Crippen LogP contribution in [0.15, 0.2) is 60.7 Å². The first kappa shape index (κ1) is 16.8. The van der Waals surface area contributed by atoms with Crippen molar-refractivity contribution in [3.05, 3.63) is 71.8 Å². The summed E-state index contributed by atoms with van der Waals surface area (Å²) in [7, 11) is 0. The summed E-state index contributed by atoms with van der Waals surface area (Å²) in [4.78, 5) is 25.1. The Labute approximate surface area is 153 Å². The van der Waals surface area contributed by atoms with Crippen LogP contribution in [-0.2, 0) is 9.47 Å². The van der Waals surface area contributed by atoms with Gasteiger partial charge in [0.15, 0.2) is 0 Å². The number of esters is 2. The molecule has 3 aliphatic rings. The van der Waals surface area contributed by atoms with Gasteiger partial charge in [0.05, 0.1) is 11.1 Å². The summed E-state index contributed by atoms with van der Waals surface area (Å²) in [6.07, 6.45) is 3.38. The van der Waals surface area contributed by atoms with E-state index in [1.54, 1.807) is 24.3 Å². The average Bonchev–Trinajstić information content (AvgIpc) is 2.71. The Morgan fingerprint density at radius 3 is 1.31 bits per heavy atom. The Hall–Kier alpha value is -2.62. The second-order valence-corrected chi connectivity index (χ2v) is 7.15. The third-order valence-electron chi connectivity index (χ3n) is 5.57. The minimum absolute atomic E-state index is 0.265. The summed E-state index contributed by atoms with van der Waals surface area (Å²) in [5, 5.41) is 0. The molecule has 2 aromatic carbocycles.